The van der Waals surface area contributed by atoms with E-state index < -0.39 is 10.0 Å². The summed E-state index contributed by atoms with van der Waals surface area (Å²) in [4.78, 5) is 12.5. The number of carbonyl (C=O) groups excluding carboxylic acids is 1. The molecule has 1 atom stereocenters. The Hall–Kier alpha value is -2.74. The first-order valence-corrected chi connectivity index (χ1v) is 12.4. The zero-order valence-electron chi connectivity index (χ0n) is 18.3. The molecule has 1 N–H and O–H groups in total. The van der Waals surface area contributed by atoms with Gasteiger partial charge in [-0.1, -0.05) is 31.2 Å². The van der Waals surface area contributed by atoms with Crippen molar-refractivity contribution in [1.29, 1.82) is 0 Å². The number of benzene rings is 2. The zero-order valence-corrected chi connectivity index (χ0v) is 19.1. The molecule has 1 aliphatic heterocycles. The fourth-order valence-electron chi connectivity index (χ4n) is 3.70. The highest BCUT2D eigenvalue weighted by Gasteiger charge is 2.21. The number of rotatable bonds is 9. The number of nitrogens with one attached hydrogen (secondary N) is 1. The molecule has 1 heterocycles. The molecule has 0 saturated carbocycles. The van der Waals surface area contributed by atoms with E-state index in [0.29, 0.717) is 36.8 Å². The first-order chi connectivity index (χ1) is 14.8. The second-order valence-electron chi connectivity index (χ2n) is 7.65. The van der Waals surface area contributed by atoms with Gasteiger partial charge >= 0.3 is 0 Å². The highest BCUT2D eigenvalue weighted by atomic mass is 32.2. The second-order valence-corrected chi connectivity index (χ2v) is 9.56. The molecule has 168 valence electrons. The standard InChI is InChI=1S/C23H30N2O5S/c1-4-20(19-9-6-5-8-17(19)2)24-23(26)10-7-13-25(31(3,27)28)18-11-12-21-22(16-18)30-15-14-29-21/h5-6,8-9,11-12,16,20H,4,7,10,13-15H2,1-3H3,(H,24,26). The minimum Gasteiger partial charge on any atom is -0.486 e. The van der Waals surface area contributed by atoms with Crippen LogP contribution < -0.4 is 19.1 Å². The molecule has 0 aliphatic carbocycles. The quantitative estimate of drug-likeness (QED) is 0.636. The predicted octanol–water partition coefficient (Wildman–Crippen LogP) is 3.58. The smallest absolute Gasteiger partial charge is 0.232 e. The SMILES string of the molecule is CCC(NC(=O)CCCN(c1ccc2c(c1)OCCO2)S(C)(=O)=O)c1ccccc1C. The van der Waals surface area contributed by atoms with Gasteiger partial charge in [0.25, 0.3) is 0 Å². The third kappa shape index (κ3) is 5.91. The number of amides is 1. The number of anilines is 1. The maximum absolute atomic E-state index is 12.5. The Morgan fingerprint density at radius 2 is 1.84 bits per heavy atom. The van der Waals surface area contributed by atoms with Crippen LogP contribution in [0.3, 0.4) is 0 Å². The second kappa shape index (κ2) is 10.0. The van der Waals surface area contributed by atoms with Gasteiger partial charge in [-0.2, -0.15) is 0 Å². The Bertz CT molecular complexity index is 1020. The zero-order chi connectivity index (χ0) is 22.4. The van der Waals surface area contributed by atoms with Crippen molar-refractivity contribution in [3.05, 3.63) is 53.6 Å². The van der Waals surface area contributed by atoms with Crippen LogP contribution in [0.2, 0.25) is 0 Å². The van der Waals surface area contributed by atoms with Crippen molar-refractivity contribution < 1.29 is 22.7 Å². The molecule has 2 aromatic rings. The first-order valence-electron chi connectivity index (χ1n) is 10.5. The summed E-state index contributed by atoms with van der Waals surface area (Å²) in [6.45, 7) is 5.16. The molecule has 0 saturated heterocycles. The molecule has 0 radical (unpaired) electrons. The summed E-state index contributed by atoms with van der Waals surface area (Å²) in [6, 6.07) is 13.0. The highest BCUT2D eigenvalue weighted by molar-refractivity contribution is 7.92. The van der Waals surface area contributed by atoms with Crippen molar-refractivity contribution in [3.8, 4) is 11.5 Å². The topological polar surface area (TPSA) is 84.9 Å². The molecule has 1 unspecified atom stereocenters. The summed E-state index contributed by atoms with van der Waals surface area (Å²) >= 11 is 0. The summed E-state index contributed by atoms with van der Waals surface area (Å²) in [6.07, 6.45) is 2.58. The monoisotopic (exact) mass is 446 g/mol. The van der Waals surface area contributed by atoms with Crippen LogP contribution in [0.15, 0.2) is 42.5 Å². The predicted molar refractivity (Wildman–Crippen MR) is 121 cm³/mol. The Kier molecular flexibility index (Phi) is 7.43. The fourth-order valence-corrected chi connectivity index (χ4v) is 4.66. The van der Waals surface area contributed by atoms with E-state index in [0.717, 1.165) is 23.8 Å². The van der Waals surface area contributed by atoms with Gasteiger partial charge in [-0.25, -0.2) is 8.42 Å². The van der Waals surface area contributed by atoms with Crippen molar-refractivity contribution in [3.63, 3.8) is 0 Å². The summed E-state index contributed by atoms with van der Waals surface area (Å²) in [5.74, 6) is 1.04. The first kappa shape index (κ1) is 22.9. The maximum atomic E-state index is 12.5. The molecule has 3 rings (SSSR count). The average Bonchev–Trinajstić information content (AvgIpc) is 2.74. The van der Waals surface area contributed by atoms with Crippen LogP contribution in [0.1, 0.15) is 43.4 Å². The van der Waals surface area contributed by atoms with Crippen molar-refractivity contribution in [1.82, 2.24) is 5.32 Å². The van der Waals surface area contributed by atoms with E-state index in [1.807, 2.05) is 38.1 Å². The number of aryl methyl sites for hydroxylation is 1. The van der Waals surface area contributed by atoms with E-state index in [9.17, 15) is 13.2 Å². The summed E-state index contributed by atoms with van der Waals surface area (Å²) in [7, 11) is -3.51. The van der Waals surface area contributed by atoms with E-state index in [1.165, 1.54) is 4.31 Å². The van der Waals surface area contributed by atoms with Crippen molar-refractivity contribution in [2.45, 2.75) is 39.2 Å². The molecule has 7 nitrogen and oxygen atoms in total. The van der Waals surface area contributed by atoms with Gasteiger partial charge in [-0.15, -0.1) is 0 Å². The number of nitrogens with zero attached hydrogens (tertiary/aromatic N) is 1. The van der Waals surface area contributed by atoms with Crippen molar-refractivity contribution in [2.75, 3.05) is 30.3 Å². The van der Waals surface area contributed by atoms with E-state index in [1.54, 1.807) is 18.2 Å². The summed E-state index contributed by atoms with van der Waals surface area (Å²) in [5.41, 5.74) is 2.74. The van der Waals surface area contributed by atoms with Crippen LogP contribution in [0.25, 0.3) is 0 Å². The molecule has 8 heteroatoms. The van der Waals surface area contributed by atoms with Gasteiger partial charge < -0.3 is 14.8 Å². The van der Waals surface area contributed by atoms with E-state index in [-0.39, 0.29) is 24.9 Å². The Morgan fingerprint density at radius 3 is 2.52 bits per heavy atom. The number of carbonyl (C=O) groups is 1. The maximum Gasteiger partial charge on any atom is 0.232 e. The molecule has 31 heavy (non-hydrogen) atoms. The fraction of sp³-hybridized carbons (Fsp3) is 0.435. The Morgan fingerprint density at radius 1 is 1.13 bits per heavy atom. The molecular weight excluding hydrogens is 416 g/mol. The van der Waals surface area contributed by atoms with Crippen molar-refractivity contribution >= 4 is 21.6 Å². The lowest BCUT2D eigenvalue weighted by Crippen LogP contribution is -2.33. The van der Waals surface area contributed by atoms with Crippen LogP contribution in [0.5, 0.6) is 11.5 Å². The lowest BCUT2D eigenvalue weighted by molar-refractivity contribution is -0.121. The van der Waals surface area contributed by atoms with Crippen LogP contribution in [-0.4, -0.2) is 40.3 Å². The molecule has 0 spiro atoms. The van der Waals surface area contributed by atoms with Gasteiger partial charge in [0.15, 0.2) is 11.5 Å². The van der Waals surface area contributed by atoms with Crippen LogP contribution in [0, 0.1) is 6.92 Å². The summed E-state index contributed by atoms with van der Waals surface area (Å²) in [5, 5.41) is 3.07. The Labute approximate surface area is 184 Å². The molecule has 0 bridgehead atoms. The number of fused-ring (bicyclic) bond motifs is 1. The van der Waals surface area contributed by atoms with Gasteiger partial charge in [0.1, 0.15) is 13.2 Å². The normalized spacial score (nSPS) is 14.0. The minimum atomic E-state index is -3.51. The van der Waals surface area contributed by atoms with Gasteiger partial charge in [0.05, 0.1) is 18.0 Å². The van der Waals surface area contributed by atoms with Gasteiger partial charge in [-0.05, 0) is 43.0 Å². The van der Waals surface area contributed by atoms with E-state index >= 15 is 0 Å². The number of hydrogen-bond acceptors (Lipinski definition) is 5. The number of sulfonamides is 1. The molecule has 2 aromatic carbocycles. The average molecular weight is 447 g/mol. The Balaban J connectivity index is 1.62. The number of ether oxygens (including phenoxy) is 2. The molecule has 0 fully saturated rings. The molecule has 0 aromatic heterocycles. The third-order valence-electron chi connectivity index (χ3n) is 5.29. The van der Waals surface area contributed by atoms with Crippen LogP contribution in [0.4, 0.5) is 5.69 Å². The molecule has 1 amide bonds. The summed E-state index contributed by atoms with van der Waals surface area (Å²) < 4.78 is 37.1. The van der Waals surface area contributed by atoms with Gasteiger partial charge in [-0.3, -0.25) is 9.10 Å². The van der Waals surface area contributed by atoms with Gasteiger partial charge in [0.2, 0.25) is 15.9 Å². The lowest BCUT2D eigenvalue weighted by atomic mass is 9.99. The van der Waals surface area contributed by atoms with Crippen molar-refractivity contribution in [2.24, 2.45) is 0 Å². The minimum absolute atomic E-state index is 0.0579. The highest BCUT2D eigenvalue weighted by Crippen LogP contribution is 2.34. The van der Waals surface area contributed by atoms with Crippen LogP contribution in [-0.2, 0) is 14.8 Å². The molecule has 1 aliphatic rings. The van der Waals surface area contributed by atoms with Gasteiger partial charge in [0, 0.05) is 19.0 Å². The van der Waals surface area contributed by atoms with Crippen LogP contribution >= 0.6 is 0 Å². The third-order valence-corrected chi connectivity index (χ3v) is 6.48. The lowest BCUT2D eigenvalue weighted by Gasteiger charge is -2.25. The van der Waals surface area contributed by atoms with E-state index in [4.69, 9.17) is 9.47 Å². The van der Waals surface area contributed by atoms with E-state index in [2.05, 4.69) is 5.32 Å². The largest absolute Gasteiger partial charge is 0.486 e. The molecular formula is C23H30N2O5S. The number of hydrogen-bond donors (Lipinski definition) is 1.